The van der Waals surface area contributed by atoms with Crippen LogP contribution in [0, 0.1) is 5.92 Å². The van der Waals surface area contributed by atoms with Crippen molar-refractivity contribution in [2.45, 2.75) is 13.0 Å². The zero-order chi connectivity index (χ0) is 13.1. The van der Waals surface area contributed by atoms with E-state index >= 15 is 0 Å². The molecule has 1 saturated heterocycles. The van der Waals surface area contributed by atoms with Crippen molar-refractivity contribution in [2.24, 2.45) is 5.92 Å². The Morgan fingerprint density at radius 2 is 1.89 bits per heavy atom. The molecule has 0 radical (unpaired) electrons. The molecule has 1 aliphatic heterocycles. The highest BCUT2D eigenvalue weighted by Gasteiger charge is 2.26. The Morgan fingerprint density at radius 3 is 2.50 bits per heavy atom. The molecule has 2 rings (SSSR count). The van der Waals surface area contributed by atoms with E-state index in [4.69, 9.17) is 11.6 Å². The van der Waals surface area contributed by atoms with E-state index in [2.05, 4.69) is 23.8 Å². The summed E-state index contributed by atoms with van der Waals surface area (Å²) in [6.45, 7) is 5.36. The van der Waals surface area contributed by atoms with Gasteiger partial charge in [0.1, 0.15) is 0 Å². The van der Waals surface area contributed by atoms with Crippen molar-refractivity contribution in [2.75, 3.05) is 38.2 Å². The molecule has 3 nitrogen and oxygen atoms in total. The quantitative estimate of drug-likeness (QED) is 0.890. The van der Waals surface area contributed by atoms with Gasteiger partial charge in [0.15, 0.2) is 0 Å². The average molecular weight is 269 g/mol. The van der Waals surface area contributed by atoms with E-state index in [1.54, 1.807) is 0 Å². The van der Waals surface area contributed by atoms with E-state index < -0.39 is 0 Å². The Bertz CT molecular complexity index is 382. The van der Waals surface area contributed by atoms with Gasteiger partial charge in [-0.3, -0.25) is 0 Å². The minimum absolute atomic E-state index is 0.154. The molecule has 2 unspecified atom stereocenters. The van der Waals surface area contributed by atoms with Crippen LogP contribution < -0.4 is 4.90 Å². The molecule has 0 bridgehead atoms. The highest BCUT2D eigenvalue weighted by Crippen LogP contribution is 2.23. The minimum atomic E-state index is 0.154. The van der Waals surface area contributed by atoms with E-state index in [9.17, 15) is 5.11 Å². The van der Waals surface area contributed by atoms with Crippen LogP contribution in [0.4, 0.5) is 5.69 Å². The normalized spacial score (nSPS) is 26.1. The number of likely N-dealkylation sites (N-methyl/N-ethyl adjacent to an activating group) is 1. The molecular formula is C14H21ClN2O. The average Bonchev–Trinajstić information content (AvgIpc) is 2.48. The third kappa shape index (κ3) is 3.16. The van der Waals surface area contributed by atoms with Gasteiger partial charge in [-0.2, -0.15) is 0 Å². The lowest BCUT2D eigenvalue weighted by atomic mass is 10.1. The Hall–Kier alpha value is -0.770. The number of hydrogen-bond acceptors (Lipinski definition) is 3. The van der Waals surface area contributed by atoms with Crippen molar-refractivity contribution in [3.63, 3.8) is 0 Å². The second-order valence-corrected chi connectivity index (χ2v) is 5.73. The van der Waals surface area contributed by atoms with E-state index in [-0.39, 0.29) is 12.6 Å². The summed E-state index contributed by atoms with van der Waals surface area (Å²) in [5.41, 5.74) is 1.14. The molecule has 1 aromatic carbocycles. The van der Waals surface area contributed by atoms with Gasteiger partial charge < -0.3 is 14.9 Å². The smallest absolute Gasteiger partial charge is 0.0647 e. The summed E-state index contributed by atoms with van der Waals surface area (Å²) in [6, 6.07) is 8.03. The second kappa shape index (κ2) is 5.91. The van der Waals surface area contributed by atoms with E-state index in [0.29, 0.717) is 5.92 Å². The van der Waals surface area contributed by atoms with Crippen LogP contribution in [0.1, 0.15) is 6.92 Å². The lowest BCUT2D eigenvalue weighted by Gasteiger charge is -2.32. The molecule has 100 valence electrons. The largest absolute Gasteiger partial charge is 0.394 e. The fourth-order valence-electron chi connectivity index (χ4n) is 2.71. The molecular weight excluding hydrogens is 248 g/mol. The number of halogens is 1. The molecule has 1 fully saturated rings. The monoisotopic (exact) mass is 268 g/mol. The van der Waals surface area contributed by atoms with Crippen molar-refractivity contribution in [3.8, 4) is 0 Å². The van der Waals surface area contributed by atoms with Gasteiger partial charge in [0.05, 0.1) is 12.6 Å². The molecule has 0 spiro atoms. The summed E-state index contributed by atoms with van der Waals surface area (Å²) in [5, 5.41) is 10.4. The standard InChI is InChI=1S/C14H21ClN2O/c1-11-7-16(2)9-14(10-18)17(8-11)13-5-3-12(15)4-6-13/h3-6,11,14,18H,7-10H2,1-2H3. The van der Waals surface area contributed by atoms with Gasteiger partial charge in [0.2, 0.25) is 0 Å². The van der Waals surface area contributed by atoms with Gasteiger partial charge in [-0.25, -0.2) is 0 Å². The van der Waals surface area contributed by atoms with Gasteiger partial charge in [0.25, 0.3) is 0 Å². The maximum absolute atomic E-state index is 9.61. The number of nitrogens with zero attached hydrogens (tertiary/aromatic N) is 2. The first kappa shape index (κ1) is 13.7. The Labute approximate surface area is 114 Å². The number of rotatable bonds is 2. The minimum Gasteiger partial charge on any atom is -0.394 e. The summed E-state index contributed by atoms with van der Waals surface area (Å²) in [6.07, 6.45) is 0. The highest BCUT2D eigenvalue weighted by atomic mass is 35.5. The zero-order valence-electron chi connectivity index (χ0n) is 11.0. The van der Waals surface area contributed by atoms with E-state index in [1.807, 2.05) is 24.3 Å². The van der Waals surface area contributed by atoms with Crippen LogP contribution in [0.5, 0.6) is 0 Å². The molecule has 1 aliphatic rings. The first-order chi connectivity index (χ1) is 8.60. The van der Waals surface area contributed by atoms with E-state index in [0.717, 1.165) is 30.3 Å². The maximum Gasteiger partial charge on any atom is 0.0647 e. The second-order valence-electron chi connectivity index (χ2n) is 5.29. The number of aliphatic hydroxyl groups excluding tert-OH is 1. The first-order valence-electron chi connectivity index (χ1n) is 6.41. The predicted molar refractivity (Wildman–Crippen MR) is 76.3 cm³/mol. The molecule has 1 N–H and O–H groups in total. The van der Waals surface area contributed by atoms with Crippen molar-refractivity contribution in [1.29, 1.82) is 0 Å². The fourth-order valence-corrected chi connectivity index (χ4v) is 2.84. The van der Waals surface area contributed by atoms with Crippen LogP contribution in [0.3, 0.4) is 0 Å². The number of anilines is 1. The fraction of sp³-hybridized carbons (Fsp3) is 0.571. The summed E-state index contributed by atoms with van der Waals surface area (Å²) in [4.78, 5) is 4.59. The topological polar surface area (TPSA) is 26.7 Å². The number of aliphatic hydroxyl groups is 1. The number of benzene rings is 1. The van der Waals surface area contributed by atoms with Crippen LogP contribution in [-0.4, -0.2) is 49.3 Å². The Balaban J connectivity index is 2.24. The molecule has 0 amide bonds. The zero-order valence-corrected chi connectivity index (χ0v) is 11.8. The molecule has 18 heavy (non-hydrogen) atoms. The molecule has 1 aromatic rings. The maximum atomic E-state index is 9.61. The third-order valence-electron chi connectivity index (χ3n) is 3.46. The Kier molecular flexibility index (Phi) is 4.49. The molecule has 0 aliphatic carbocycles. The lowest BCUT2D eigenvalue weighted by Crippen LogP contribution is -2.43. The summed E-state index contributed by atoms with van der Waals surface area (Å²) in [7, 11) is 2.12. The van der Waals surface area contributed by atoms with Crippen LogP contribution in [0.15, 0.2) is 24.3 Å². The van der Waals surface area contributed by atoms with Crippen LogP contribution in [0.25, 0.3) is 0 Å². The predicted octanol–water partition coefficient (Wildman–Crippen LogP) is 2.09. The van der Waals surface area contributed by atoms with Crippen LogP contribution >= 0.6 is 11.6 Å². The third-order valence-corrected chi connectivity index (χ3v) is 3.72. The van der Waals surface area contributed by atoms with Crippen LogP contribution in [-0.2, 0) is 0 Å². The molecule has 4 heteroatoms. The van der Waals surface area contributed by atoms with Gasteiger partial charge >= 0.3 is 0 Å². The van der Waals surface area contributed by atoms with Gasteiger partial charge in [-0.15, -0.1) is 0 Å². The van der Waals surface area contributed by atoms with E-state index in [1.165, 1.54) is 0 Å². The highest BCUT2D eigenvalue weighted by molar-refractivity contribution is 6.30. The molecule has 1 heterocycles. The summed E-state index contributed by atoms with van der Waals surface area (Å²) >= 11 is 5.93. The van der Waals surface area contributed by atoms with Gasteiger partial charge in [0, 0.05) is 30.3 Å². The van der Waals surface area contributed by atoms with Crippen LogP contribution in [0.2, 0.25) is 5.02 Å². The molecule has 0 saturated carbocycles. The van der Waals surface area contributed by atoms with Crippen molar-refractivity contribution in [3.05, 3.63) is 29.3 Å². The van der Waals surface area contributed by atoms with Gasteiger partial charge in [-0.1, -0.05) is 18.5 Å². The summed E-state index contributed by atoms with van der Waals surface area (Å²) in [5.74, 6) is 0.585. The Morgan fingerprint density at radius 1 is 1.22 bits per heavy atom. The van der Waals surface area contributed by atoms with Gasteiger partial charge in [-0.05, 0) is 37.2 Å². The SMILES string of the molecule is CC1CN(C)CC(CO)N(c2ccc(Cl)cc2)C1. The first-order valence-corrected chi connectivity index (χ1v) is 6.79. The molecule has 0 aromatic heterocycles. The molecule has 2 atom stereocenters. The lowest BCUT2D eigenvalue weighted by molar-refractivity contribution is 0.226. The number of hydrogen-bond donors (Lipinski definition) is 1. The van der Waals surface area contributed by atoms with Crippen molar-refractivity contribution >= 4 is 17.3 Å². The summed E-state index contributed by atoms with van der Waals surface area (Å²) < 4.78 is 0. The van der Waals surface area contributed by atoms with Crippen molar-refractivity contribution in [1.82, 2.24) is 4.90 Å². The van der Waals surface area contributed by atoms with Crippen molar-refractivity contribution < 1.29 is 5.11 Å².